The third-order valence-electron chi connectivity index (χ3n) is 2.88. The average molecular weight is 176 g/mol. The molecular weight excluding hydrogens is 160 g/mol. The molecule has 1 unspecified atom stereocenters. The molecule has 1 aromatic heterocycles. The maximum Gasteiger partial charge on any atom is 0.0571 e. The molecule has 2 rings (SSSR count). The number of hydrogen-bond acceptors (Lipinski definition) is 2. The highest BCUT2D eigenvalue weighted by atomic mass is 14.8. The van der Waals surface area contributed by atoms with Crippen molar-refractivity contribution in [1.82, 2.24) is 4.98 Å². The first-order valence-electron chi connectivity index (χ1n) is 5.03. The van der Waals surface area contributed by atoms with Crippen LogP contribution in [-0.2, 0) is 0 Å². The Kier molecular flexibility index (Phi) is 2.60. The van der Waals surface area contributed by atoms with E-state index in [0.717, 1.165) is 18.0 Å². The van der Waals surface area contributed by atoms with Gasteiger partial charge in [-0.2, -0.15) is 0 Å². The van der Waals surface area contributed by atoms with Gasteiger partial charge in [0.25, 0.3) is 0 Å². The fourth-order valence-corrected chi connectivity index (χ4v) is 1.80. The lowest BCUT2D eigenvalue weighted by Gasteiger charge is -2.27. The summed E-state index contributed by atoms with van der Waals surface area (Å²) in [5.41, 5.74) is 7.08. The third kappa shape index (κ3) is 2.07. The minimum absolute atomic E-state index is 0.145. The lowest BCUT2D eigenvalue weighted by atomic mass is 9.80. The van der Waals surface area contributed by atoms with Gasteiger partial charge in [0.1, 0.15) is 0 Å². The molecule has 2 nitrogen and oxygen atoms in total. The second kappa shape index (κ2) is 3.88. The summed E-state index contributed by atoms with van der Waals surface area (Å²) in [7, 11) is 0. The summed E-state index contributed by atoms with van der Waals surface area (Å²) < 4.78 is 0. The van der Waals surface area contributed by atoms with Crippen LogP contribution in [0, 0.1) is 5.92 Å². The van der Waals surface area contributed by atoms with E-state index in [0.29, 0.717) is 0 Å². The number of aromatic nitrogens is 1. The fourth-order valence-electron chi connectivity index (χ4n) is 1.80. The van der Waals surface area contributed by atoms with Crippen LogP contribution in [0.2, 0.25) is 0 Å². The topological polar surface area (TPSA) is 38.9 Å². The van der Waals surface area contributed by atoms with Crippen molar-refractivity contribution in [3.8, 4) is 0 Å². The van der Waals surface area contributed by atoms with Crippen molar-refractivity contribution in [3.05, 3.63) is 30.1 Å². The standard InChI is InChI=1S/C11H16N2/c12-10(8-9-4-3-5-9)11-6-1-2-7-13-11/h1-2,6-7,9-10H,3-5,8,12H2. The van der Waals surface area contributed by atoms with E-state index in [1.165, 1.54) is 19.3 Å². The molecular formula is C11H16N2. The summed E-state index contributed by atoms with van der Waals surface area (Å²) in [6, 6.07) is 6.10. The van der Waals surface area contributed by atoms with Crippen LogP contribution in [0.25, 0.3) is 0 Å². The molecule has 70 valence electrons. The first-order valence-corrected chi connectivity index (χ1v) is 5.03. The van der Waals surface area contributed by atoms with Gasteiger partial charge in [0.05, 0.1) is 5.69 Å². The minimum Gasteiger partial charge on any atom is -0.323 e. The fraction of sp³-hybridized carbons (Fsp3) is 0.545. The molecule has 1 aliphatic carbocycles. The molecule has 0 aromatic carbocycles. The number of hydrogen-bond donors (Lipinski definition) is 1. The average Bonchev–Trinajstić information content (AvgIpc) is 2.12. The van der Waals surface area contributed by atoms with E-state index in [1.807, 2.05) is 24.4 Å². The molecule has 1 aliphatic rings. The van der Waals surface area contributed by atoms with Gasteiger partial charge in [0, 0.05) is 12.2 Å². The summed E-state index contributed by atoms with van der Waals surface area (Å²) in [6.45, 7) is 0. The summed E-state index contributed by atoms with van der Waals surface area (Å²) in [6.07, 6.45) is 7.04. The molecule has 1 fully saturated rings. The Labute approximate surface area is 79.2 Å². The van der Waals surface area contributed by atoms with E-state index < -0.39 is 0 Å². The SMILES string of the molecule is NC(CC1CCC1)c1ccccn1. The molecule has 1 heterocycles. The van der Waals surface area contributed by atoms with E-state index in [9.17, 15) is 0 Å². The van der Waals surface area contributed by atoms with Crippen molar-refractivity contribution in [2.24, 2.45) is 11.7 Å². The quantitative estimate of drug-likeness (QED) is 0.767. The molecule has 0 aliphatic heterocycles. The van der Waals surface area contributed by atoms with Crippen molar-refractivity contribution < 1.29 is 0 Å². The lowest BCUT2D eigenvalue weighted by molar-refractivity contribution is 0.276. The van der Waals surface area contributed by atoms with E-state index in [-0.39, 0.29) is 6.04 Å². The van der Waals surface area contributed by atoms with E-state index in [4.69, 9.17) is 5.73 Å². The third-order valence-corrected chi connectivity index (χ3v) is 2.88. The molecule has 0 radical (unpaired) electrons. The van der Waals surface area contributed by atoms with Gasteiger partial charge in [0.15, 0.2) is 0 Å². The second-order valence-corrected chi connectivity index (χ2v) is 3.89. The maximum absolute atomic E-state index is 6.04. The monoisotopic (exact) mass is 176 g/mol. The zero-order valence-electron chi connectivity index (χ0n) is 7.82. The van der Waals surface area contributed by atoms with Gasteiger partial charge >= 0.3 is 0 Å². The van der Waals surface area contributed by atoms with Gasteiger partial charge in [-0.05, 0) is 24.5 Å². The van der Waals surface area contributed by atoms with Crippen LogP contribution >= 0.6 is 0 Å². The molecule has 1 atom stereocenters. The van der Waals surface area contributed by atoms with Gasteiger partial charge in [0.2, 0.25) is 0 Å². The predicted octanol–water partition coefficient (Wildman–Crippen LogP) is 2.27. The van der Waals surface area contributed by atoms with Crippen molar-refractivity contribution >= 4 is 0 Å². The number of rotatable bonds is 3. The molecule has 1 aromatic rings. The first kappa shape index (κ1) is 8.70. The highest BCUT2D eigenvalue weighted by Crippen LogP contribution is 2.33. The Balaban J connectivity index is 1.92. The van der Waals surface area contributed by atoms with Gasteiger partial charge in [-0.1, -0.05) is 25.3 Å². The second-order valence-electron chi connectivity index (χ2n) is 3.89. The lowest BCUT2D eigenvalue weighted by Crippen LogP contribution is -2.20. The summed E-state index contributed by atoms with van der Waals surface area (Å²) in [5.74, 6) is 0.858. The van der Waals surface area contributed by atoms with E-state index in [2.05, 4.69) is 4.98 Å². The largest absolute Gasteiger partial charge is 0.323 e. The zero-order chi connectivity index (χ0) is 9.10. The number of pyridine rings is 1. The van der Waals surface area contributed by atoms with Crippen LogP contribution in [0.5, 0.6) is 0 Å². The van der Waals surface area contributed by atoms with Crippen molar-refractivity contribution in [1.29, 1.82) is 0 Å². The molecule has 0 amide bonds. The molecule has 13 heavy (non-hydrogen) atoms. The van der Waals surface area contributed by atoms with Crippen molar-refractivity contribution in [3.63, 3.8) is 0 Å². The Morgan fingerprint density at radius 1 is 1.46 bits per heavy atom. The van der Waals surface area contributed by atoms with E-state index in [1.54, 1.807) is 0 Å². The molecule has 0 bridgehead atoms. The van der Waals surface area contributed by atoms with Gasteiger partial charge in [-0.15, -0.1) is 0 Å². The minimum atomic E-state index is 0.145. The molecule has 2 heteroatoms. The zero-order valence-corrected chi connectivity index (χ0v) is 7.82. The highest BCUT2D eigenvalue weighted by molar-refractivity contribution is 5.08. The maximum atomic E-state index is 6.04. The number of nitrogens with two attached hydrogens (primary N) is 1. The van der Waals surface area contributed by atoms with Gasteiger partial charge in [-0.3, -0.25) is 4.98 Å². The van der Waals surface area contributed by atoms with Crippen LogP contribution in [0.4, 0.5) is 0 Å². The van der Waals surface area contributed by atoms with Crippen molar-refractivity contribution in [2.45, 2.75) is 31.7 Å². The van der Waals surface area contributed by atoms with Crippen LogP contribution in [0.15, 0.2) is 24.4 Å². The molecule has 1 saturated carbocycles. The Bertz CT molecular complexity index is 254. The normalized spacial score (nSPS) is 19.5. The van der Waals surface area contributed by atoms with Gasteiger partial charge < -0.3 is 5.73 Å². The van der Waals surface area contributed by atoms with Crippen LogP contribution in [0.3, 0.4) is 0 Å². The molecule has 0 spiro atoms. The van der Waals surface area contributed by atoms with Gasteiger partial charge in [-0.25, -0.2) is 0 Å². The Morgan fingerprint density at radius 3 is 2.85 bits per heavy atom. The van der Waals surface area contributed by atoms with Crippen LogP contribution < -0.4 is 5.73 Å². The number of nitrogens with zero attached hydrogens (tertiary/aromatic N) is 1. The predicted molar refractivity (Wildman–Crippen MR) is 53.1 cm³/mol. The summed E-state index contributed by atoms with van der Waals surface area (Å²) in [4.78, 5) is 4.27. The Hall–Kier alpha value is -0.890. The van der Waals surface area contributed by atoms with E-state index >= 15 is 0 Å². The first-order chi connectivity index (χ1) is 6.36. The van der Waals surface area contributed by atoms with Crippen LogP contribution in [-0.4, -0.2) is 4.98 Å². The summed E-state index contributed by atoms with van der Waals surface area (Å²) >= 11 is 0. The Morgan fingerprint density at radius 2 is 2.31 bits per heavy atom. The smallest absolute Gasteiger partial charge is 0.0571 e. The van der Waals surface area contributed by atoms with Crippen molar-refractivity contribution in [2.75, 3.05) is 0 Å². The molecule has 2 N–H and O–H groups in total. The van der Waals surface area contributed by atoms with Crippen LogP contribution in [0.1, 0.15) is 37.4 Å². The summed E-state index contributed by atoms with van der Waals surface area (Å²) in [5, 5.41) is 0. The highest BCUT2D eigenvalue weighted by Gasteiger charge is 2.21. The molecule has 0 saturated heterocycles.